The highest BCUT2D eigenvalue weighted by Gasteiger charge is 2.03. The number of carbonyl (C=O) groups excluding carboxylic acids is 1. The van der Waals surface area contributed by atoms with E-state index in [1.54, 1.807) is 13.0 Å². The van der Waals surface area contributed by atoms with Crippen LogP contribution in [0.3, 0.4) is 0 Å². The lowest BCUT2D eigenvalue weighted by molar-refractivity contribution is 0.112. The Morgan fingerprint density at radius 3 is 2.15 bits per heavy atom. The van der Waals surface area contributed by atoms with Gasteiger partial charge in [0.2, 0.25) is 0 Å². The second kappa shape index (κ2) is 5.36. The van der Waals surface area contributed by atoms with E-state index in [2.05, 4.69) is 0 Å². The number of benzene rings is 1. The van der Waals surface area contributed by atoms with E-state index in [1.165, 1.54) is 0 Å². The molecule has 0 radical (unpaired) electrons. The SMILES string of the molecule is CC.Cc1cc(C)c(C=O)c(O)c1. The Balaban J connectivity index is 0.000000671. The monoisotopic (exact) mass is 180 g/mol. The molecule has 1 rings (SSSR count). The molecule has 0 fully saturated rings. The number of aromatic hydroxyl groups is 1. The second-order valence-electron chi connectivity index (χ2n) is 2.63. The zero-order valence-corrected chi connectivity index (χ0v) is 8.59. The molecule has 1 aromatic rings. The molecule has 0 saturated carbocycles. The summed E-state index contributed by atoms with van der Waals surface area (Å²) in [6.45, 7) is 7.68. The fraction of sp³-hybridized carbons (Fsp3) is 0.364. The van der Waals surface area contributed by atoms with Gasteiger partial charge >= 0.3 is 0 Å². The average molecular weight is 180 g/mol. The van der Waals surface area contributed by atoms with Crippen molar-refractivity contribution in [3.63, 3.8) is 0 Å². The summed E-state index contributed by atoms with van der Waals surface area (Å²) in [6, 6.07) is 3.44. The van der Waals surface area contributed by atoms with Crippen LogP contribution in [0.2, 0.25) is 0 Å². The summed E-state index contributed by atoms with van der Waals surface area (Å²) in [7, 11) is 0. The van der Waals surface area contributed by atoms with Crippen LogP contribution in [-0.4, -0.2) is 11.4 Å². The van der Waals surface area contributed by atoms with Crippen molar-refractivity contribution in [2.45, 2.75) is 27.7 Å². The van der Waals surface area contributed by atoms with E-state index in [0.717, 1.165) is 11.1 Å². The lowest BCUT2D eigenvalue weighted by Gasteiger charge is -2.02. The van der Waals surface area contributed by atoms with Crippen LogP contribution in [-0.2, 0) is 0 Å². The Morgan fingerprint density at radius 2 is 1.77 bits per heavy atom. The van der Waals surface area contributed by atoms with Gasteiger partial charge in [-0.2, -0.15) is 0 Å². The number of carbonyl (C=O) groups is 1. The number of phenolic OH excluding ortho intramolecular Hbond substituents is 1. The van der Waals surface area contributed by atoms with E-state index < -0.39 is 0 Å². The highest BCUT2D eigenvalue weighted by Crippen LogP contribution is 2.20. The second-order valence-corrected chi connectivity index (χ2v) is 2.63. The number of hydrogen-bond acceptors (Lipinski definition) is 2. The van der Waals surface area contributed by atoms with Crippen molar-refractivity contribution in [2.24, 2.45) is 0 Å². The Labute approximate surface area is 79.2 Å². The predicted molar refractivity (Wildman–Crippen MR) is 54.3 cm³/mol. The maximum atomic E-state index is 10.4. The summed E-state index contributed by atoms with van der Waals surface area (Å²) < 4.78 is 0. The first-order valence-electron chi connectivity index (χ1n) is 4.40. The van der Waals surface area contributed by atoms with Crippen LogP contribution < -0.4 is 0 Å². The van der Waals surface area contributed by atoms with E-state index in [4.69, 9.17) is 0 Å². The molecule has 0 heterocycles. The molecule has 72 valence electrons. The summed E-state index contributed by atoms with van der Waals surface area (Å²) >= 11 is 0. The van der Waals surface area contributed by atoms with Crippen LogP contribution in [0.4, 0.5) is 0 Å². The summed E-state index contributed by atoms with van der Waals surface area (Å²) in [5, 5.41) is 9.24. The van der Waals surface area contributed by atoms with E-state index >= 15 is 0 Å². The van der Waals surface area contributed by atoms with Gasteiger partial charge in [0, 0.05) is 0 Å². The fourth-order valence-electron chi connectivity index (χ4n) is 1.11. The Kier molecular flexibility index (Phi) is 4.82. The normalized spacial score (nSPS) is 8.62. The number of rotatable bonds is 1. The van der Waals surface area contributed by atoms with Crippen molar-refractivity contribution < 1.29 is 9.90 Å². The van der Waals surface area contributed by atoms with Crippen LogP contribution in [0.5, 0.6) is 5.75 Å². The van der Waals surface area contributed by atoms with Crippen LogP contribution in [0, 0.1) is 13.8 Å². The minimum absolute atomic E-state index is 0.0671. The van der Waals surface area contributed by atoms with Crippen molar-refractivity contribution in [2.75, 3.05) is 0 Å². The van der Waals surface area contributed by atoms with Gasteiger partial charge in [0.15, 0.2) is 6.29 Å². The molecule has 0 aromatic heterocycles. The van der Waals surface area contributed by atoms with Crippen LogP contribution >= 0.6 is 0 Å². The summed E-state index contributed by atoms with van der Waals surface area (Å²) in [4.78, 5) is 10.4. The Hall–Kier alpha value is -1.31. The molecule has 0 bridgehead atoms. The number of aldehydes is 1. The molecular formula is C11H16O2. The Morgan fingerprint density at radius 1 is 1.23 bits per heavy atom. The minimum atomic E-state index is 0.0671. The van der Waals surface area contributed by atoms with E-state index in [-0.39, 0.29) is 5.75 Å². The smallest absolute Gasteiger partial charge is 0.154 e. The standard InChI is InChI=1S/C9H10O2.C2H6/c1-6-3-7(2)8(5-10)9(11)4-6;1-2/h3-5,11H,1-2H3;1-2H3. The van der Waals surface area contributed by atoms with Gasteiger partial charge in [-0.25, -0.2) is 0 Å². The average Bonchev–Trinajstić information content (AvgIpc) is 2.07. The maximum Gasteiger partial charge on any atom is 0.154 e. The lowest BCUT2D eigenvalue weighted by atomic mass is 10.1. The number of aryl methyl sites for hydroxylation is 2. The van der Waals surface area contributed by atoms with E-state index in [1.807, 2.05) is 26.8 Å². The molecule has 0 aliphatic carbocycles. The highest BCUT2D eigenvalue weighted by molar-refractivity contribution is 5.81. The lowest BCUT2D eigenvalue weighted by Crippen LogP contribution is -1.88. The molecule has 0 atom stereocenters. The van der Waals surface area contributed by atoms with Crippen LogP contribution in [0.25, 0.3) is 0 Å². The fourth-order valence-corrected chi connectivity index (χ4v) is 1.11. The zero-order valence-electron chi connectivity index (χ0n) is 8.59. The molecule has 0 unspecified atom stereocenters. The molecule has 0 saturated heterocycles. The first-order valence-corrected chi connectivity index (χ1v) is 4.40. The summed E-state index contributed by atoms with van der Waals surface area (Å²) in [5.74, 6) is 0.0671. The van der Waals surface area contributed by atoms with E-state index in [0.29, 0.717) is 11.8 Å². The van der Waals surface area contributed by atoms with Gasteiger partial charge < -0.3 is 5.11 Å². The third-order valence-electron chi connectivity index (χ3n) is 1.63. The van der Waals surface area contributed by atoms with E-state index in [9.17, 15) is 9.90 Å². The van der Waals surface area contributed by atoms with Crippen LogP contribution in [0.1, 0.15) is 35.3 Å². The maximum absolute atomic E-state index is 10.4. The molecule has 1 aromatic carbocycles. The van der Waals surface area contributed by atoms with Gasteiger partial charge in [0.05, 0.1) is 5.56 Å². The predicted octanol–water partition coefficient (Wildman–Crippen LogP) is 2.85. The van der Waals surface area contributed by atoms with Crippen molar-refractivity contribution in [1.29, 1.82) is 0 Å². The molecule has 0 spiro atoms. The van der Waals surface area contributed by atoms with Gasteiger partial charge in [0.1, 0.15) is 5.75 Å². The molecule has 1 N–H and O–H groups in total. The third-order valence-corrected chi connectivity index (χ3v) is 1.63. The summed E-state index contributed by atoms with van der Waals surface area (Å²) in [5.41, 5.74) is 2.17. The first kappa shape index (κ1) is 11.7. The quantitative estimate of drug-likeness (QED) is 0.675. The largest absolute Gasteiger partial charge is 0.507 e. The minimum Gasteiger partial charge on any atom is -0.507 e. The topological polar surface area (TPSA) is 37.3 Å². The van der Waals surface area contributed by atoms with Crippen LogP contribution in [0.15, 0.2) is 12.1 Å². The highest BCUT2D eigenvalue weighted by atomic mass is 16.3. The van der Waals surface area contributed by atoms with Crippen molar-refractivity contribution in [3.8, 4) is 5.75 Å². The van der Waals surface area contributed by atoms with Crippen molar-refractivity contribution >= 4 is 6.29 Å². The first-order chi connectivity index (χ1) is 6.15. The molecule has 0 aliphatic heterocycles. The van der Waals surface area contributed by atoms with Gasteiger partial charge in [-0.3, -0.25) is 4.79 Å². The number of hydrogen-bond donors (Lipinski definition) is 1. The zero-order chi connectivity index (χ0) is 10.4. The van der Waals surface area contributed by atoms with Gasteiger partial charge in [-0.1, -0.05) is 19.9 Å². The van der Waals surface area contributed by atoms with Crippen molar-refractivity contribution in [3.05, 3.63) is 28.8 Å². The number of phenols is 1. The van der Waals surface area contributed by atoms with Gasteiger partial charge in [0.25, 0.3) is 0 Å². The molecule has 13 heavy (non-hydrogen) atoms. The molecule has 0 aliphatic rings. The Bertz CT molecular complexity index is 267. The third kappa shape index (κ3) is 2.90. The van der Waals surface area contributed by atoms with Gasteiger partial charge in [-0.05, 0) is 31.0 Å². The molecular weight excluding hydrogens is 164 g/mol. The molecule has 0 amide bonds. The van der Waals surface area contributed by atoms with Gasteiger partial charge in [-0.15, -0.1) is 0 Å². The summed E-state index contributed by atoms with van der Waals surface area (Å²) in [6.07, 6.45) is 0.671. The van der Waals surface area contributed by atoms with Crippen molar-refractivity contribution in [1.82, 2.24) is 0 Å². The molecule has 2 nitrogen and oxygen atoms in total. The molecule has 2 heteroatoms.